The molecule has 0 unspecified atom stereocenters. The maximum Gasteiger partial charge on any atom is 0.0602 e. The lowest BCUT2D eigenvalue weighted by Crippen LogP contribution is -2.43. The van der Waals surface area contributed by atoms with Gasteiger partial charge in [0, 0.05) is 26.2 Å². The van der Waals surface area contributed by atoms with E-state index < -0.39 is 0 Å². The second kappa shape index (κ2) is 8.58. The predicted molar refractivity (Wildman–Crippen MR) is 54.1 cm³/mol. The molecule has 1 rings (SSSR count). The summed E-state index contributed by atoms with van der Waals surface area (Å²) in [5.41, 5.74) is 0. The monoisotopic (exact) mass is 168 g/mol. The molecule has 0 aliphatic carbocycles. The number of nitrogens with zero attached hydrogens (tertiary/aromatic N) is 1. The van der Waals surface area contributed by atoms with E-state index in [-0.39, 0.29) is 0 Å². The molecule has 0 spiro atoms. The Morgan fingerprint density at radius 2 is 1.83 bits per heavy atom. The van der Waals surface area contributed by atoms with E-state index in [2.05, 4.69) is 22.1 Å². The standard InChI is InChI=1S/C8H14N2.C2H6/c1-2-3-6-10-7-4-9-5-8-10;1-2/h9H,4-8H2,1H3;1-2H3. The highest BCUT2D eigenvalue weighted by Crippen LogP contribution is 1.88. The summed E-state index contributed by atoms with van der Waals surface area (Å²) in [5.74, 6) is 5.97. The molecular weight excluding hydrogens is 148 g/mol. The Labute approximate surface area is 76.3 Å². The minimum absolute atomic E-state index is 0.943. The fourth-order valence-corrected chi connectivity index (χ4v) is 1.06. The summed E-state index contributed by atoms with van der Waals surface area (Å²) < 4.78 is 0. The summed E-state index contributed by atoms with van der Waals surface area (Å²) in [6.07, 6.45) is 0. The van der Waals surface area contributed by atoms with Gasteiger partial charge in [0.2, 0.25) is 0 Å². The molecule has 0 aromatic heterocycles. The molecule has 1 aliphatic heterocycles. The second-order valence-corrected chi connectivity index (χ2v) is 2.45. The van der Waals surface area contributed by atoms with Gasteiger partial charge in [-0.3, -0.25) is 4.90 Å². The molecule has 0 aromatic rings. The zero-order chi connectivity index (χ0) is 9.23. The fraction of sp³-hybridized carbons (Fsp3) is 0.800. The zero-order valence-electron chi connectivity index (χ0n) is 8.48. The maximum absolute atomic E-state index is 3.30. The van der Waals surface area contributed by atoms with Gasteiger partial charge in [-0.25, -0.2) is 0 Å². The molecule has 0 atom stereocenters. The molecule has 12 heavy (non-hydrogen) atoms. The highest BCUT2D eigenvalue weighted by atomic mass is 15.2. The number of hydrogen-bond donors (Lipinski definition) is 1. The van der Waals surface area contributed by atoms with Gasteiger partial charge in [-0.2, -0.15) is 0 Å². The van der Waals surface area contributed by atoms with Gasteiger partial charge in [0.25, 0.3) is 0 Å². The highest BCUT2D eigenvalue weighted by molar-refractivity contribution is 4.98. The summed E-state index contributed by atoms with van der Waals surface area (Å²) in [4.78, 5) is 2.37. The van der Waals surface area contributed by atoms with Crippen molar-refractivity contribution in [3.8, 4) is 11.8 Å². The summed E-state index contributed by atoms with van der Waals surface area (Å²) in [7, 11) is 0. The third kappa shape index (κ3) is 5.17. The molecule has 70 valence electrons. The minimum atomic E-state index is 0.943. The van der Waals surface area contributed by atoms with Gasteiger partial charge in [0.05, 0.1) is 6.54 Å². The molecule has 1 aliphatic rings. The van der Waals surface area contributed by atoms with Crippen molar-refractivity contribution in [3.63, 3.8) is 0 Å². The van der Waals surface area contributed by atoms with Crippen LogP contribution in [0.3, 0.4) is 0 Å². The second-order valence-electron chi connectivity index (χ2n) is 2.45. The molecule has 1 heterocycles. The molecule has 0 radical (unpaired) electrons. The molecule has 1 fully saturated rings. The number of hydrogen-bond acceptors (Lipinski definition) is 2. The lowest BCUT2D eigenvalue weighted by molar-refractivity contribution is 0.268. The van der Waals surface area contributed by atoms with Crippen LogP contribution in [-0.2, 0) is 0 Å². The first-order valence-corrected chi connectivity index (χ1v) is 4.76. The summed E-state index contributed by atoms with van der Waals surface area (Å²) in [6.45, 7) is 11.4. The van der Waals surface area contributed by atoms with Crippen LogP contribution < -0.4 is 5.32 Å². The third-order valence-corrected chi connectivity index (χ3v) is 1.69. The highest BCUT2D eigenvalue weighted by Gasteiger charge is 2.06. The first-order chi connectivity index (χ1) is 5.93. The molecule has 2 nitrogen and oxygen atoms in total. The molecule has 0 amide bonds. The van der Waals surface area contributed by atoms with Crippen LogP contribution >= 0.6 is 0 Å². The first-order valence-electron chi connectivity index (χ1n) is 4.76. The Morgan fingerprint density at radius 3 is 2.33 bits per heavy atom. The van der Waals surface area contributed by atoms with Gasteiger partial charge in [-0.1, -0.05) is 19.8 Å². The van der Waals surface area contributed by atoms with Crippen LogP contribution in [0.2, 0.25) is 0 Å². The molecule has 2 heteroatoms. The van der Waals surface area contributed by atoms with Crippen molar-refractivity contribution in [2.24, 2.45) is 0 Å². The number of rotatable bonds is 1. The molecule has 1 saturated heterocycles. The number of piperazine rings is 1. The average Bonchev–Trinajstić information content (AvgIpc) is 2.19. The van der Waals surface area contributed by atoms with Crippen LogP contribution in [0.5, 0.6) is 0 Å². The molecule has 0 aromatic carbocycles. The first kappa shape index (κ1) is 11.5. The molecule has 0 saturated carbocycles. The SMILES string of the molecule is CC.CC#CCN1CCNCC1. The van der Waals surface area contributed by atoms with E-state index in [1.54, 1.807) is 0 Å². The molecule has 1 N–H and O–H groups in total. The van der Waals surface area contributed by atoms with Crippen molar-refractivity contribution in [1.82, 2.24) is 10.2 Å². The topological polar surface area (TPSA) is 15.3 Å². The van der Waals surface area contributed by atoms with E-state index in [9.17, 15) is 0 Å². The third-order valence-electron chi connectivity index (χ3n) is 1.69. The van der Waals surface area contributed by atoms with E-state index in [4.69, 9.17) is 0 Å². The van der Waals surface area contributed by atoms with Crippen LogP contribution in [0, 0.1) is 11.8 Å². The van der Waals surface area contributed by atoms with Crippen molar-refractivity contribution < 1.29 is 0 Å². The molecule has 0 bridgehead atoms. The van der Waals surface area contributed by atoms with Gasteiger partial charge in [-0.15, -0.1) is 5.92 Å². The summed E-state index contributed by atoms with van der Waals surface area (Å²) in [6, 6.07) is 0. The van der Waals surface area contributed by atoms with E-state index >= 15 is 0 Å². The fourth-order valence-electron chi connectivity index (χ4n) is 1.06. The molecular formula is C10H20N2. The average molecular weight is 168 g/mol. The Morgan fingerprint density at radius 1 is 1.25 bits per heavy atom. The van der Waals surface area contributed by atoms with E-state index in [0.717, 1.165) is 32.7 Å². The van der Waals surface area contributed by atoms with Crippen LogP contribution in [0.1, 0.15) is 20.8 Å². The van der Waals surface area contributed by atoms with E-state index in [0.29, 0.717) is 0 Å². The van der Waals surface area contributed by atoms with Crippen molar-refractivity contribution in [1.29, 1.82) is 0 Å². The van der Waals surface area contributed by atoms with Gasteiger partial charge >= 0.3 is 0 Å². The van der Waals surface area contributed by atoms with Gasteiger partial charge in [0.1, 0.15) is 0 Å². The Balaban J connectivity index is 0.000000561. The predicted octanol–water partition coefficient (Wildman–Crippen LogP) is 0.941. The van der Waals surface area contributed by atoms with Gasteiger partial charge < -0.3 is 5.32 Å². The van der Waals surface area contributed by atoms with Crippen LogP contribution in [0.4, 0.5) is 0 Å². The van der Waals surface area contributed by atoms with Gasteiger partial charge in [0.15, 0.2) is 0 Å². The van der Waals surface area contributed by atoms with Crippen LogP contribution in [0.15, 0.2) is 0 Å². The van der Waals surface area contributed by atoms with Crippen molar-refractivity contribution in [3.05, 3.63) is 0 Å². The maximum atomic E-state index is 3.30. The largest absolute Gasteiger partial charge is 0.314 e. The lowest BCUT2D eigenvalue weighted by atomic mass is 10.3. The Bertz CT molecular complexity index is 138. The Kier molecular flexibility index (Phi) is 8.20. The lowest BCUT2D eigenvalue weighted by Gasteiger charge is -2.24. The van der Waals surface area contributed by atoms with E-state index in [1.165, 1.54) is 0 Å². The summed E-state index contributed by atoms with van der Waals surface area (Å²) in [5, 5.41) is 3.30. The number of nitrogens with one attached hydrogen (secondary N) is 1. The quantitative estimate of drug-likeness (QED) is 0.586. The minimum Gasteiger partial charge on any atom is -0.314 e. The van der Waals surface area contributed by atoms with E-state index in [1.807, 2.05) is 20.8 Å². The normalized spacial score (nSPS) is 16.9. The van der Waals surface area contributed by atoms with Crippen LogP contribution in [-0.4, -0.2) is 37.6 Å². The van der Waals surface area contributed by atoms with Crippen molar-refractivity contribution in [2.75, 3.05) is 32.7 Å². The van der Waals surface area contributed by atoms with Gasteiger partial charge in [-0.05, 0) is 6.92 Å². The van der Waals surface area contributed by atoms with Crippen molar-refractivity contribution >= 4 is 0 Å². The zero-order valence-corrected chi connectivity index (χ0v) is 8.48. The van der Waals surface area contributed by atoms with Crippen molar-refractivity contribution in [2.45, 2.75) is 20.8 Å². The van der Waals surface area contributed by atoms with Crippen LogP contribution in [0.25, 0.3) is 0 Å². The smallest absolute Gasteiger partial charge is 0.0602 e. The summed E-state index contributed by atoms with van der Waals surface area (Å²) >= 11 is 0. The Hall–Kier alpha value is -0.520.